The van der Waals surface area contributed by atoms with Crippen LogP contribution < -0.4 is 4.74 Å². The largest absolute Gasteiger partial charge is 0.453 e. The van der Waals surface area contributed by atoms with Gasteiger partial charge in [-0.2, -0.15) is 5.26 Å². The molecule has 0 aliphatic rings. The smallest absolute Gasteiger partial charge is 0.184 e. The number of nitriles is 1. The Hall–Kier alpha value is -1.28. The second-order valence-electron chi connectivity index (χ2n) is 3.29. The standard InChI is InChI=1S/C12H5BrCl2N2O/c13-7-3-8(14)5-9(4-7)18-12-10(15)1-2-17-11(12)6-16/h1-5H. The second kappa shape index (κ2) is 5.57. The highest BCUT2D eigenvalue weighted by atomic mass is 79.9. The highest BCUT2D eigenvalue weighted by molar-refractivity contribution is 9.10. The molecule has 1 aromatic carbocycles. The zero-order valence-electron chi connectivity index (χ0n) is 8.82. The van der Waals surface area contributed by atoms with Crippen LogP contribution in [0.1, 0.15) is 5.69 Å². The third-order valence-corrected chi connectivity index (χ3v) is 2.99. The molecule has 0 aliphatic heterocycles. The van der Waals surface area contributed by atoms with Crippen molar-refractivity contribution < 1.29 is 4.74 Å². The summed E-state index contributed by atoms with van der Waals surface area (Å²) in [6.07, 6.45) is 1.45. The van der Waals surface area contributed by atoms with Crippen LogP contribution >= 0.6 is 39.1 Å². The first-order valence-corrected chi connectivity index (χ1v) is 6.33. The number of pyridine rings is 1. The lowest BCUT2D eigenvalue weighted by molar-refractivity contribution is 0.478. The molecule has 0 aliphatic carbocycles. The Morgan fingerprint density at radius 1 is 1.28 bits per heavy atom. The first-order chi connectivity index (χ1) is 8.60. The quantitative estimate of drug-likeness (QED) is 0.785. The van der Waals surface area contributed by atoms with E-state index in [0.717, 1.165) is 4.47 Å². The van der Waals surface area contributed by atoms with E-state index in [0.29, 0.717) is 15.8 Å². The summed E-state index contributed by atoms with van der Waals surface area (Å²) in [6, 6.07) is 8.54. The lowest BCUT2D eigenvalue weighted by atomic mass is 10.3. The van der Waals surface area contributed by atoms with E-state index in [1.807, 2.05) is 6.07 Å². The topological polar surface area (TPSA) is 45.9 Å². The van der Waals surface area contributed by atoms with Crippen molar-refractivity contribution in [3.05, 3.63) is 50.7 Å². The summed E-state index contributed by atoms with van der Waals surface area (Å²) < 4.78 is 6.33. The van der Waals surface area contributed by atoms with Crippen LogP contribution in [0.2, 0.25) is 10.0 Å². The molecule has 18 heavy (non-hydrogen) atoms. The number of hydrogen-bond donors (Lipinski definition) is 0. The minimum absolute atomic E-state index is 0.124. The minimum atomic E-state index is 0.124. The number of ether oxygens (including phenoxy) is 1. The van der Waals surface area contributed by atoms with E-state index in [4.69, 9.17) is 33.2 Å². The predicted octanol–water partition coefficient (Wildman–Crippen LogP) is 4.81. The Morgan fingerprint density at radius 2 is 2.06 bits per heavy atom. The first-order valence-electron chi connectivity index (χ1n) is 4.78. The third-order valence-electron chi connectivity index (χ3n) is 2.02. The van der Waals surface area contributed by atoms with Gasteiger partial charge in [0.05, 0.1) is 5.02 Å². The molecule has 2 aromatic rings. The van der Waals surface area contributed by atoms with Gasteiger partial charge in [-0.25, -0.2) is 4.98 Å². The number of halogens is 3. The SMILES string of the molecule is N#Cc1nccc(Cl)c1Oc1cc(Cl)cc(Br)c1. The molecule has 0 radical (unpaired) electrons. The van der Waals surface area contributed by atoms with Crippen LogP contribution in [0.15, 0.2) is 34.9 Å². The fourth-order valence-electron chi connectivity index (χ4n) is 1.31. The Balaban J connectivity index is 2.43. The average Bonchev–Trinajstić information content (AvgIpc) is 2.30. The van der Waals surface area contributed by atoms with Crippen LogP contribution in [0.25, 0.3) is 0 Å². The van der Waals surface area contributed by atoms with E-state index < -0.39 is 0 Å². The highest BCUT2D eigenvalue weighted by Crippen LogP contribution is 2.33. The van der Waals surface area contributed by atoms with Gasteiger partial charge < -0.3 is 4.74 Å². The molecular formula is C12H5BrCl2N2O. The number of benzene rings is 1. The zero-order chi connectivity index (χ0) is 13.1. The van der Waals surface area contributed by atoms with Gasteiger partial charge in [0, 0.05) is 15.7 Å². The van der Waals surface area contributed by atoms with Crippen LogP contribution in [0.5, 0.6) is 11.5 Å². The summed E-state index contributed by atoms with van der Waals surface area (Å²) in [5.74, 6) is 0.691. The van der Waals surface area contributed by atoms with Gasteiger partial charge in [-0.15, -0.1) is 0 Å². The number of nitrogens with zero attached hydrogens (tertiary/aromatic N) is 2. The normalized spacial score (nSPS) is 9.89. The van der Waals surface area contributed by atoms with Crippen molar-refractivity contribution in [2.75, 3.05) is 0 Å². The van der Waals surface area contributed by atoms with Crippen LogP contribution in [0, 0.1) is 11.3 Å². The van der Waals surface area contributed by atoms with Gasteiger partial charge in [0.1, 0.15) is 11.8 Å². The van der Waals surface area contributed by atoms with Gasteiger partial charge in [-0.1, -0.05) is 39.1 Å². The number of hydrogen-bond acceptors (Lipinski definition) is 3. The molecule has 0 spiro atoms. The molecule has 90 valence electrons. The summed E-state index contributed by atoms with van der Waals surface area (Å²) >= 11 is 15.2. The Labute approximate surface area is 122 Å². The molecule has 3 nitrogen and oxygen atoms in total. The molecule has 0 N–H and O–H groups in total. The van der Waals surface area contributed by atoms with Gasteiger partial charge in [0.2, 0.25) is 0 Å². The van der Waals surface area contributed by atoms with Gasteiger partial charge in [0.15, 0.2) is 11.4 Å². The van der Waals surface area contributed by atoms with E-state index in [2.05, 4.69) is 20.9 Å². The van der Waals surface area contributed by atoms with E-state index in [1.165, 1.54) is 6.20 Å². The molecule has 1 aromatic heterocycles. The first kappa shape index (κ1) is 13.2. The maximum absolute atomic E-state index is 8.94. The second-order valence-corrected chi connectivity index (χ2v) is 5.05. The van der Waals surface area contributed by atoms with Gasteiger partial charge in [0.25, 0.3) is 0 Å². The van der Waals surface area contributed by atoms with Gasteiger partial charge in [-0.05, 0) is 24.3 Å². The lowest BCUT2D eigenvalue weighted by Crippen LogP contribution is -1.92. The van der Waals surface area contributed by atoms with E-state index in [9.17, 15) is 0 Å². The van der Waals surface area contributed by atoms with Crippen molar-refractivity contribution in [2.45, 2.75) is 0 Å². The maximum atomic E-state index is 8.94. The van der Waals surface area contributed by atoms with Gasteiger partial charge >= 0.3 is 0 Å². The fraction of sp³-hybridized carbons (Fsp3) is 0. The summed E-state index contributed by atoms with van der Waals surface area (Å²) in [6.45, 7) is 0. The molecule has 0 unspecified atom stereocenters. The molecule has 0 bridgehead atoms. The Morgan fingerprint density at radius 3 is 2.72 bits per heavy atom. The Kier molecular flexibility index (Phi) is 4.07. The van der Waals surface area contributed by atoms with Crippen LogP contribution in [-0.4, -0.2) is 4.98 Å². The third kappa shape index (κ3) is 2.94. The molecule has 0 fully saturated rings. The predicted molar refractivity (Wildman–Crippen MR) is 73.2 cm³/mol. The summed E-state index contributed by atoms with van der Waals surface area (Å²) in [5, 5.41) is 9.77. The molecule has 2 rings (SSSR count). The van der Waals surface area contributed by atoms with Crippen molar-refractivity contribution >= 4 is 39.1 Å². The van der Waals surface area contributed by atoms with Crippen molar-refractivity contribution in [2.24, 2.45) is 0 Å². The lowest BCUT2D eigenvalue weighted by Gasteiger charge is -2.09. The molecule has 1 heterocycles. The van der Waals surface area contributed by atoms with Crippen molar-refractivity contribution in [3.63, 3.8) is 0 Å². The van der Waals surface area contributed by atoms with Crippen molar-refractivity contribution in [1.82, 2.24) is 4.98 Å². The molecule has 6 heteroatoms. The fourth-order valence-corrected chi connectivity index (χ4v) is 2.32. The molecular weight excluding hydrogens is 339 g/mol. The number of rotatable bonds is 2. The van der Waals surface area contributed by atoms with E-state index in [-0.39, 0.29) is 11.4 Å². The summed E-state index contributed by atoms with van der Waals surface area (Å²) in [4.78, 5) is 3.88. The highest BCUT2D eigenvalue weighted by Gasteiger charge is 2.11. The van der Waals surface area contributed by atoms with Crippen LogP contribution in [-0.2, 0) is 0 Å². The van der Waals surface area contributed by atoms with Gasteiger partial charge in [-0.3, -0.25) is 0 Å². The van der Waals surface area contributed by atoms with Crippen LogP contribution in [0.3, 0.4) is 0 Å². The molecule has 0 amide bonds. The van der Waals surface area contributed by atoms with Crippen molar-refractivity contribution in [1.29, 1.82) is 5.26 Å². The summed E-state index contributed by atoms with van der Waals surface area (Å²) in [7, 11) is 0. The van der Waals surface area contributed by atoms with Crippen LogP contribution in [0.4, 0.5) is 0 Å². The average molecular weight is 344 g/mol. The van der Waals surface area contributed by atoms with Crippen molar-refractivity contribution in [3.8, 4) is 17.6 Å². The summed E-state index contributed by atoms with van der Waals surface area (Å²) in [5.41, 5.74) is 0.124. The molecule has 0 saturated heterocycles. The van der Waals surface area contributed by atoms with E-state index >= 15 is 0 Å². The maximum Gasteiger partial charge on any atom is 0.184 e. The van der Waals surface area contributed by atoms with E-state index in [1.54, 1.807) is 24.3 Å². The monoisotopic (exact) mass is 342 g/mol. The number of aromatic nitrogens is 1. The zero-order valence-corrected chi connectivity index (χ0v) is 11.9. The molecule has 0 atom stereocenters. The minimum Gasteiger partial charge on any atom is -0.453 e. The Bertz CT molecular complexity index is 620. The molecule has 0 saturated carbocycles.